The van der Waals surface area contributed by atoms with Crippen molar-refractivity contribution in [3.8, 4) is 0 Å². The van der Waals surface area contributed by atoms with Gasteiger partial charge in [0.15, 0.2) is 5.60 Å². The van der Waals surface area contributed by atoms with Gasteiger partial charge in [-0.1, -0.05) is 24.3 Å². The first kappa shape index (κ1) is 15.3. The Kier molecular flexibility index (Phi) is 3.68. The third kappa shape index (κ3) is 2.97. The van der Waals surface area contributed by atoms with Crippen LogP contribution in [0.4, 0.5) is 5.69 Å². The van der Waals surface area contributed by atoms with Crippen molar-refractivity contribution in [2.75, 3.05) is 5.32 Å². The van der Waals surface area contributed by atoms with Crippen LogP contribution in [0.1, 0.15) is 34.0 Å². The molecular formula is C19H19NO3. The number of ether oxygens (including phenoxy) is 1. The monoisotopic (exact) mass is 309 g/mol. The zero-order valence-corrected chi connectivity index (χ0v) is 13.5. The van der Waals surface area contributed by atoms with E-state index in [1.807, 2.05) is 44.2 Å². The molecule has 0 saturated heterocycles. The number of amides is 1. The van der Waals surface area contributed by atoms with Crippen LogP contribution in [-0.4, -0.2) is 17.5 Å². The molecule has 1 aliphatic heterocycles. The standard InChI is InChI=1S/C19H19NO3/c1-12-8-13(2)10-15(9-12)20-18(22)19(3)11-14-6-4-5-7-16(14)17(21)23-19/h4-10H,11H2,1-3H3,(H,20,22)/t19-/m0/s1. The molecule has 2 aromatic rings. The maximum atomic E-state index is 12.7. The summed E-state index contributed by atoms with van der Waals surface area (Å²) in [6.07, 6.45) is 0.367. The fourth-order valence-electron chi connectivity index (χ4n) is 2.97. The molecule has 1 aliphatic rings. The van der Waals surface area contributed by atoms with Gasteiger partial charge in [0.1, 0.15) is 0 Å². The molecule has 1 N–H and O–H groups in total. The van der Waals surface area contributed by atoms with Gasteiger partial charge in [0.05, 0.1) is 5.56 Å². The smallest absolute Gasteiger partial charge is 0.339 e. The summed E-state index contributed by atoms with van der Waals surface area (Å²) >= 11 is 0. The molecule has 0 radical (unpaired) electrons. The number of aryl methyl sites for hydroxylation is 2. The highest BCUT2D eigenvalue weighted by Gasteiger charge is 2.42. The zero-order chi connectivity index (χ0) is 16.6. The zero-order valence-electron chi connectivity index (χ0n) is 13.5. The van der Waals surface area contributed by atoms with Gasteiger partial charge in [0.25, 0.3) is 5.91 Å². The lowest BCUT2D eigenvalue weighted by Gasteiger charge is -2.33. The number of hydrogen-bond donors (Lipinski definition) is 1. The normalized spacial score (nSPS) is 19.7. The van der Waals surface area contributed by atoms with Crippen LogP contribution >= 0.6 is 0 Å². The predicted octanol–water partition coefficient (Wildman–Crippen LogP) is 3.41. The number of carbonyl (C=O) groups excluding carboxylic acids is 2. The van der Waals surface area contributed by atoms with E-state index in [-0.39, 0.29) is 5.91 Å². The van der Waals surface area contributed by atoms with E-state index in [0.29, 0.717) is 17.7 Å². The van der Waals surface area contributed by atoms with E-state index < -0.39 is 11.6 Å². The highest BCUT2D eigenvalue weighted by Crippen LogP contribution is 2.29. The lowest BCUT2D eigenvalue weighted by atomic mass is 9.89. The topological polar surface area (TPSA) is 55.4 Å². The summed E-state index contributed by atoms with van der Waals surface area (Å²) in [6, 6.07) is 13.1. The number of fused-ring (bicyclic) bond motifs is 1. The fraction of sp³-hybridized carbons (Fsp3) is 0.263. The van der Waals surface area contributed by atoms with Crippen LogP contribution in [-0.2, 0) is 16.0 Å². The molecule has 0 bridgehead atoms. The van der Waals surface area contributed by atoms with Crippen molar-refractivity contribution in [1.29, 1.82) is 0 Å². The van der Waals surface area contributed by atoms with Crippen LogP contribution in [0.15, 0.2) is 42.5 Å². The molecule has 0 fully saturated rings. The Hall–Kier alpha value is -2.62. The molecule has 3 rings (SSSR count). The molecule has 0 aliphatic carbocycles. The molecule has 0 unspecified atom stereocenters. The summed E-state index contributed by atoms with van der Waals surface area (Å²) in [4.78, 5) is 24.8. The number of esters is 1. The Balaban J connectivity index is 1.86. The highest BCUT2D eigenvalue weighted by molar-refractivity contribution is 6.02. The predicted molar refractivity (Wildman–Crippen MR) is 88.5 cm³/mol. The van der Waals surface area contributed by atoms with Gasteiger partial charge in [-0.05, 0) is 55.7 Å². The second-order valence-electron chi connectivity index (χ2n) is 6.28. The van der Waals surface area contributed by atoms with Crippen molar-refractivity contribution in [3.63, 3.8) is 0 Å². The van der Waals surface area contributed by atoms with Gasteiger partial charge in [0.2, 0.25) is 0 Å². The van der Waals surface area contributed by atoms with Gasteiger partial charge in [0, 0.05) is 12.1 Å². The maximum Gasteiger partial charge on any atom is 0.339 e. The van der Waals surface area contributed by atoms with Gasteiger partial charge in [-0.2, -0.15) is 0 Å². The third-order valence-corrected chi connectivity index (χ3v) is 4.04. The van der Waals surface area contributed by atoms with E-state index in [2.05, 4.69) is 5.32 Å². The number of hydrogen-bond acceptors (Lipinski definition) is 3. The summed E-state index contributed by atoms with van der Waals surface area (Å²) in [7, 11) is 0. The Morgan fingerprint density at radius 3 is 2.48 bits per heavy atom. The molecular weight excluding hydrogens is 290 g/mol. The van der Waals surface area contributed by atoms with Gasteiger partial charge >= 0.3 is 5.97 Å². The van der Waals surface area contributed by atoms with E-state index in [1.165, 1.54) is 0 Å². The van der Waals surface area contributed by atoms with E-state index in [0.717, 1.165) is 16.7 Å². The van der Waals surface area contributed by atoms with E-state index in [4.69, 9.17) is 4.74 Å². The van der Waals surface area contributed by atoms with Crippen molar-refractivity contribution in [2.45, 2.75) is 32.8 Å². The lowest BCUT2D eigenvalue weighted by Crippen LogP contribution is -2.48. The summed E-state index contributed by atoms with van der Waals surface area (Å²) in [5.41, 5.74) is 3.01. The Morgan fingerprint density at radius 1 is 1.13 bits per heavy atom. The van der Waals surface area contributed by atoms with Crippen molar-refractivity contribution in [2.24, 2.45) is 0 Å². The lowest BCUT2D eigenvalue weighted by molar-refractivity contribution is -0.134. The highest BCUT2D eigenvalue weighted by atomic mass is 16.6. The first-order valence-corrected chi connectivity index (χ1v) is 7.58. The number of anilines is 1. The third-order valence-electron chi connectivity index (χ3n) is 4.04. The molecule has 0 spiro atoms. The number of nitrogens with one attached hydrogen (secondary N) is 1. The number of carbonyl (C=O) groups is 2. The van der Waals surface area contributed by atoms with Crippen LogP contribution in [0.3, 0.4) is 0 Å². The quantitative estimate of drug-likeness (QED) is 0.865. The summed E-state index contributed by atoms with van der Waals surface area (Å²) in [6.45, 7) is 5.60. The van der Waals surface area contributed by atoms with Crippen LogP contribution in [0.2, 0.25) is 0 Å². The Morgan fingerprint density at radius 2 is 1.78 bits per heavy atom. The van der Waals surface area contributed by atoms with Crippen LogP contribution in [0.5, 0.6) is 0 Å². The van der Waals surface area contributed by atoms with Gasteiger partial charge in [-0.3, -0.25) is 4.79 Å². The molecule has 23 heavy (non-hydrogen) atoms. The van der Waals surface area contributed by atoms with Crippen LogP contribution in [0.25, 0.3) is 0 Å². The molecule has 4 heteroatoms. The first-order valence-electron chi connectivity index (χ1n) is 7.58. The van der Waals surface area contributed by atoms with E-state index in [9.17, 15) is 9.59 Å². The molecule has 0 saturated carbocycles. The van der Waals surface area contributed by atoms with Gasteiger partial charge < -0.3 is 10.1 Å². The molecule has 118 valence electrons. The molecule has 1 atom stereocenters. The second-order valence-corrected chi connectivity index (χ2v) is 6.28. The second kappa shape index (κ2) is 5.54. The molecule has 0 aromatic heterocycles. The van der Waals surface area contributed by atoms with Crippen molar-refractivity contribution in [3.05, 3.63) is 64.7 Å². The van der Waals surface area contributed by atoms with Crippen LogP contribution in [0, 0.1) is 13.8 Å². The van der Waals surface area contributed by atoms with Gasteiger partial charge in [-0.15, -0.1) is 0 Å². The SMILES string of the molecule is Cc1cc(C)cc(NC(=O)[C@]2(C)Cc3ccccc3C(=O)O2)c1. The fourth-order valence-corrected chi connectivity index (χ4v) is 2.97. The van der Waals surface area contributed by atoms with Crippen molar-refractivity contribution in [1.82, 2.24) is 0 Å². The molecule has 4 nitrogen and oxygen atoms in total. The molecule has 2 aromatic carbocycles. The van der Waals surface area contributed by atoms with Crippen LogP contribution < -0.4 is 5.32 Å². The Bertz CT molecular complexity index is 777. The number of benzene rings is 2. The largest absolute Gasteiger partial charge is 0.445 e. The van der Waals surface area contributed by atoms with E-state index >= 15 is 0 Å². The average molecular weight is 309 g/mol. The van der Waals surface area contributed by atoms with Crippen molar-refractivity contribution < 1.29 is 14.3 Å². The van der Waals surface area contributed by atoms with Gasteiger partial charge in [-0.25, -0.2) is 4.79 Å². The number of cyclic esters (lactones) is 1. The summed E-state index contributed by atoms with van der Waals surface area (Å²) in [5, 5.41) is 2.87. The summed E-state index contributed by atoms with van der Waals surface area (Å²) < 4.78 is 5.44. The summed E-state index contributed by atoms with van der Waals surface area (Å²) in [5.74, 6) is -0.768. The number of rotatable bonds is 2. The molecule has 1 heterocycles. The van der Waals surface area contributed by atoms with E-state index in [1.54, 1.807) is 19.1 Å². The minimum Gasteiger partial charge on any atom is -0.445 e. The molecule has 1 amide bonds. The van der Waals surface area contributed by atoms with Crippen molar-refractivity contribution >= 4 is 17.6 Å². The maximum absolute atomic E-state index is 12.7. The average Bonchev–Trinajstić information content (AvgIpc) is 2.46. The minimum absolute atomic E-state index is 0.314. The first-order chi connectivity index (χ1) is 10.9. The minimum atomic E-state index is -1.21. The Labute approximate surface area is 135 Å².